The minimum absolute atomic E-state index is 0.262. The molecule has 0 N–H and O–H groups in total. The Morgan fingerprint density at radius 2 is 2.00 bits per heavy atom. The maximum Gasteiger partial charge on any atom is 0.410 e. The van der Waals surface area contributed by atoms with Crippen LogP contribution in [-0.2, 0) is 4.74 Å². The van der Waals surface area contributed by atoms with Crippen LogP contribution in [0.25, 0.3) is 0 Å². The number of carbonyl (C=O) groups excluding carboxylic acids is 1. The minimum Gasteiger partial charge on any atom is -0.757 e. The van der Waals surface area contributed by atoms with Gasteiger partial charge in [-0.05, 0) is 53.8 Å². The van der Waals surface area contributed by atoms with Crippen molar-refractivity contribution in [3.63, 3.8) is 0 Å². The summed E-state index contributed by atoms with van der Waals surface area (Å²) in [5.41, 5.74) is 0.180. The molecule has 134 valence electrons. The molecule has 0 atom stereocenters. The topological polar surface area (TPSA) is 72.0 Å². The third kappa shape index (κ3) is 4.29. The molecule has 1 aliphatic heterocycles. The summed E-state index contributed by atoms with van der Waals surface area (Å²) in [5.74, 6) is 0.379. The van der Waals surface area contributed by atoms with Gasteiger partial charge < -0.3 is 24.8 Å². The SMILES string of the molecule is CN([O-])c1ccc(N2CCN(C(=O)OC(C)(C)C)CC2(C)C)cn1. The third-order valence-corrected chi connectivity index (χ3v) is 3.92. The summed E-state index contributed by atoms with van der Waals surface area (Å²) in [5, 5.41) is 12.0. The number of amides is 1. The standard InChI is InChI=1S/C17H27N4O3/c1-16(2,3)24-15(22)20-9-10-21(17(4,5)12-20)13-7-8-14(18-11-13)19(6)23/h7-8,11H,9-10,12H2,1-6H3/q-1. The first-order valence-electron chi connectivity index (χ1n) is 8.12. The molecule has 1 saturated heterocycles. The number of hydroxylamine groups is 1. The Morgan fingerprint density at radius 3 is 2.46 bits per heavy atom. The van der Waals surface area contributed by atoms with Crippen LogP contribution in [0.3, 0.4) is 0 Å². The van der Waals surface area contributed by atoms with Gasteiger partial charge in [-0.3, -0.25) is 0 Å². The van der Waals surface area contributed by atoms with E-state index in [0.29, 0.717) is 25.5 Å². The first kappa shape index (κ1) is 18.3. The molecule has 0 spiro atoms. The first-order valence-corrected chi connectivity index (χ1v) is 8.12. The largest absolute Gasteiger partial charge is 0.757 e. The molecule has 0 aliphatic carbocycles. The molecule has 1 amide bonds. The van der Waals surface area contributed by atoms with Gasteiger partial charge >= 0.3 is 6.09 Å². The highest BCUT2D eigenvalue weighted by molar-refractivity contribution is 5.69. The molecule has 1 fully saturated rings. The third-order valence-electron chi connectivity index (χ3n) is 3.92. The van der Waals surface area contributed by atoms with E-state index in [2.05, 4.69) is 23.7 Å². The van der Waals surface area contributed by atoms with Gasteiger partial charge in [0, 0.05) is 19.6 Å². The highest BCUT2D eigenvalue weighted by Gasteiger charge is 2.37. The van der Waals surface area contributed by atoms with E-state index in [1.165, 1.54) is 7.05 Å². The summed E-state index contributed by atoms with van der Waals surface area (Å²) in [6.45, 7) is 11.6. The molecule has 2 rings (SSSR count). The van der Waals surface area contributed by atoms with Crippen molar-refractivity contribution >= 4 is 17.6 Å². The molecule has 1 aromatic rings. The first-order chi connectivity index (χ1) is 11.0. The van der Waals surface area contributed by atoms with Crippen LogP contribution >= 0.6 is 0 Å². The van der Waals surface area contributed by atoms with Crippen LogP contribution in [0.4, 0.5) is 16.3 Å². The number of pyridine rings is 1. The van der Waals surface area contributed by atoms with Crippen LogP contribution in [0.5, 0.6) is 0 Å². The number of hydrogen-bond acceptors (Lipinski definition) is 6. The van der Waals surface area contributed by atoms with E-state index in [1.54, 1.807) is 17.2 Å². The Kier molecular flexibility index (Phi) is 4.94. The number of piperazine rings is 1. The molecule has 0 unspecified atom stereocenters. The monoisotopic (exact) mass is 335 g/mol. The molecular formula is C17H27N4O3-. The Balaban J connectivity index is 2.10. The fourth-order valence-corrected chi connectivity index (χ4v) is 2.84. The summed E-state index contributed by atoms with van der Waals surface area (Å²) >= 11 is 0. The Hall–Kier alpha value is -2.02. The highest BCUT2D eigenvalue weighted by atomic mass is 16.6. The van der Waals surface area contributed by atoms with Crippen molar-refractivity contribution in [2.75, 3.05) is 36.6 Å². The number of ether oxygens (including phenoxy) is 1. The lowest BCUT2D eigenvalue weighted by atomic mass is 9.98. The summed E-state index contributed by atoms with van der Waals surface area (Å²) < 4.78 is 5.47. The minimum atomic E-state index is -0.498. The summed E-state index contributed by atoms with van der Waals surface area (Å²) in [6, 6.07) is 3.60. The van der Waals surface area contributed by atoms with Crippen LogP contribution < -0.4 is 9.96 Å². The highest BCUT2D eigenvalue weighted by Crippen LogP contribution is 2.29. The van der Waals surface area contributed by atoms with Gasteiger partial charge in [-0.25, -0.2) is 9.78 Å². The zero-order chi connectivity index (χ0) is 18.1. The fraction of sp³-hybridized carbons (Fsp3) is 0.647. The number of anilines is 2. The quantitative estimate of drug-likeness (QED) is 0.774. The van der Waals surface area contributed by atoms with Gasteiger partial charge in [0.1, 0.15) is 11.4 Å². The Morgan fingerprint density at radius 1 is 1.33 bits per heavy atom. The number of hydrogen-bond donors (Lipinski definition) is 0. The van der Waals surface area contributed by atoms with E-state index in [4.69, 9.17) is 4.74 Å². The molecule has 0 saturated carbocycles. The second-order valence-electron chi connectivity index (χ2n) is 7.74. The zero-order valence-corrected chi connectivity index (χ0v) is 15.4. The lowest BCUT2D eigenvalue weighted by molar-refractivity contribution is 0.0179. The molecule has 0 aromatic carbocycles. The van der Waals surface area contributed by atoms with Gasteiger partial charge in [-0.1, -0.05) is 0 Å². The molecule has 2 heterocycles. The smallest absolute Gasteiger partial charge is 0.410 e. The normalized spacial score (nSPS) is 17.6. The molecular weight excluding hydrogens is 308 g/mol. The molecule has 0 bridgehead atoms. The van der Waals surface area contributed by atoms with Crippen LogP contribution in [0.2, 0.25) is 0 Å². The lowest BCUT2D eigenvalue weighted by Gasteiger charge is -2.48. The van der Waals surface area contributed by atoms with E-state index >= 15 is 0 Å². The predicted molar refractivity (Wildman–Crippen MR) is 95.2 cm³/mol. The molecule has 7 nitrogen and oxygen atoms in total. The van der Waals surface area contributed by atoms with Crippen molar-refractivity contribution in [3.05, 3.63) is 23.5 Å². The van der Waals surface area contributed by atoms with Crippen LogP contribution in [0.15, 0.2) is 18.3 Å². The van der Waals surface area contributed by atoms with Crippen molar-refractivity contribution in [1.29, 1.82) is 0 Å². The maximum absolute atomic E-state index is 12.3. The maximum atomic E-state index is 12.3. The van der Waals surface area contributed by atoms with Crippen molar-refractivity contribution in [1.82, 2.24) is 9.88 Å². The second-order valence-corrected chi connectivity index (χ2v) is 7.74. The Labute approximate surface area is 143 Å². The Bertz CT molecular complexity index is 578. The van der Waals surface area contributed by atoms with E-state index in [1.807, 2.05) is 26.8 Å². The van der Waals surface area contributed by atoms with Gasteiger partial charge in [0.05, 0.1) is 17.4 Å². The molecule has 0 radical (unpaired) electrons. The molecule has 1 aromatic heterocycles. The van der Waals surface area contributed by atoms with Crippen molar-refractivity contribution < 1.29 is 9.53 Å². The zero-order valence-electron chi connectivity index (χ0n) is 15.4. The lowest BCUT2D eigenvalue weighted by Crippen LogP contribution is -2.61. The van der Waals surface area contributed by atoms with Crippen molar-refractivity contribution in [2.24, 2.45) is 0 Å². The predicted octanol–water partition coefficient (Wildman–Crippen LogP) is 2.85. The van der Waals surface area contributed by atoms with Crippen molar-refractivity contribution in [2.45, 2.75) is 45.8 Å². The van der Waals surface area contributed by atoms with E-state index in [-0.39, 0.29) is 11.6 Å². The molecule has 24 heavy (non-hydrogen) atoms. The number of rotatable bonds is 2. The van der Waals surface area contributed by atoms with Crippen LogP contribution in [0, 0.1) is 5.21 Å². The van der Waals surface area contributed by atoms with Crippen LogP contribution in [0.1, 0.15) is 34.6 Å². The van der Waals surface area contributed by atoms with E-state index < -0.39 is 5.60 Å². The van der Waals surface area contributed by atoms with Gasteiger partial charge in [0.2, 0.25) is 0 Å². The van der Waals surface area contributed by atoms with Gasteiger partial charge in [0.15, 0.2) is 0 Å². The summed E-state index contributed by atoms with van der Waals surface area (Å²) in [7, 11) is 1.42. The molecule has 7 heteroatoms. The fourth-order valence-electron chi connectivity index (χ4n) is 2.84. The average Bonchev–Trinajstić information content (AvgIpc) is 2.44. The number of aromatic nitrogens is 1. The van der Waals surface area contributed by atoms with Gasteiger partial charge in [-0.2, -0.15) is 0 Å². The van der Waals surface area contributed by atoms with Crippen LogP contribution in [-0.4, -0.2) is 53.8 Å². The average molecular weight is 335 g/mol. The summed E-state index contributed by atoms with van der Waals surface area (Å²) in [6.07, 6.45) is 1.42. The van der Waals surface area contributed by atoms with E-state index in [9.17, 15) is 10.0 Å². The van der Waals surface area contributed by atoms with Gasteiger partial charge in [-0.15, -0.1) is 0 Å². The van der Waals surface area contributed by atoms with Gasteiger partial charge in [0.25, 0.3) is 0 Å². The van der Waals surface area contributed by atoms with E-state index in [0.717, 1.165) is 10.8 Å². The van der Waals surface area contributed by atoms with Crippen molar-refractivity contribution in [3.8, 4) is 0 Å². The summed E-state index contributed by atoms with van der Waals surface area (Å²) in [4.78, 5) is 20.4. The molecule has 1 aliphatic rings. The number of carbonyl (C=O) groups is 1. The number of nitrogens with zero attached hydrogens (tertiary/aromatic N) is 4. The second kappa shape index (κ2) is 6.47.